The Morgan fingerprint density at radius 3 is 1.52 bits per heavy atom. The van der Waals surface area contributed by atoms with Gasteiger partial charge in [0, 0.05) is 25.3 Å². The average molecular weight is 849 g/mol. The number of guanidine groups is 1. The molecule has 352 valence electrons. The minimum absolute atomic E-state index is 0.0215. The van der Waals surface area contributed by atoms with Gasteiger partial charge in [-0.2, -0.15) is 0 Å². The zero-order valence-corrected chi connectivity index (χ0v) is 39.8. The lowest BCUT2D eigenvalue weighted by atomic mass is 9.85. The first-order valence-electron chi connectivity index (χ1n) is 25.3. The van der Waals surface area contributed by atoms with E-state index in [0.717, 1.165) is 11.0 Å². The molecule has 60 heavy (non-hydrogen) atoms. The number of quaternary nitrogens is 1. The normalized spacial score (nSPS) is 19.3. The molecule has 10 nitrogen and oxygen atoms in total. The lowest BCUT2D eigenvalue weighted by Gasteiger charge is -2.45. The summed E-state index contributed by atoms with van der Waals surface area (Å²) in [5, 5.41) is 33.6. The summed E-state index contributed by atoms with van der Waals surface area (Å²) >= 11 is 0. The second-order valence-corrected chi connectivity index (χ2v) is 19.0. The van der Waals surface area contributed by atoms with Crippen molar-refractivity contribution in [2.24, 2.45) is 22.4 Å². The average Bonchev–Trinajstić information content (AvgIpc) is 3.22. The van der Waals surface area contributed by atoms with Crippen molar-refractivity contribution in [1.29, 1.82) is 0 Å². The summed E-state index contributed by atoms with van der Waals surface area (Å²) in [6.45, 7) is 11.2. The number of rotatable bonds is 40. The second-order valence-electron chi connectivity index (χ2n) is 19.0. The molecule has 8 N–H and O–H groups in total. The summed E-state index contributed by atoms with van der Waals surface area (Å²) in [6, 6.07) is 0.938. The van der Waals surface area contributed by atoms with E-state index in [9.17, 15) is 24.9 Å². The van der Waals surface area contributed by atoms with Gasteiger partial charge in [0.15, 0.2) is 11.7 Å². The number of carbonyl (C=O) groups excluding carboxylic acids is 2. The fourth-order valence-corrected chi connectivity index (χ4v) is 9.14. The van der Waals surface area contributed by atoms with Crippen molar-refractivity contribution in [3.63, 3.8) is 0 Å². The molecule has 0 aromatic carbocycles. The highest BCUT2D eigenvalue weighted by atomic mass is 16.4. The standard InChI is InChI=1S/C50H97N5O5/c1-6-8-10-12-14-16-18-20-22-24-26-28-32-41(3)55(5,42(4)33-29-27-25-23-21-19-17-15-13-11-9-7-2)37-36-53-49(60)43(34-30-31-35-54-50(51)52)38-45(56)44-39-46(57)48(59)47(58)40-44/h39,41-43,46-48,57-59H,6-38,40H2,1-5H3,(H4-,51,52,53,54,60)/p+1/t41?,42?,43-,46-,47-,48-,55?/m1/s1. The molecule has 0 heterocycles. The van der Waals surface area contributed by atoms with Gasteiger partial charge in [0.25, 0.3) is 0 Å². The number of nitrogens with one attached hydrogen (secondary N) is 1. The molecule has 6 atom stereocenters. The maximum Gasteiger partial charge on any atom is 0.223 e. The number of aliphatic hydroxyl groups excluding tert-OH is 3. The number of nitrogens with two attached hydrogens (primary N) is 2. The van der Waals surface area contributed by atoms with E-state index in [1.54, 1.807) is 0 Å². The molecule has 0 saturated carbocycles. The topological polar surface area (TPSA) is 171 Å². The smallest absolute Gasteiger partial charge is 0.223 e. The van der Waals surface area contributed by atoms with Gasteiger partial charge in [0.2, 0.25) is 5.91 Å². The van der Waals surface area contributed by atoms with Crippen LogP contribution in [0.2, 0.25) is 0 Å². The van der Waals surface area contributed by atoms with Gasteiger partial charge in [-0.15, -0.1) is 0 Å². The summed E-state index contributed by atoms with van der Waals surface area (Å²) in [7, 11) is 2.40. The first-order chi connectivity index (χ1) is 28.9. The maximum absolute atomic E-state index is 13.8. The number of unbranched alkanes of at least 4 members (excludes halogenated alkanes) is 23. The number of hydrogen-bond acceptors (Lipinski definition) is 6. The van der Waals surface area contributed by atoms with Gasteiger partial charge < -0.3 is 36.6 Å². The van der Waals surface area contributed by atoms with E-state index in [-0.39, 0.29) is 36.1 Å². The molecule has 0 spiro atoms. The SMILES string of the molecule is CCCCCCCCCCCCCCC(C)[N+](C)(CCNC(=O)[C@H](CCCCN=C(N)N)CC(=O)C1=C[C@@H](O)[C@@H](O)[C@H](O)C1)C(C)CCCCCCCCCCCCCC. The van der Waals surface area contributed by atoms with Crippen LogP contribution in [0.1, 0.15) is 227 Å². The van der Waals surface area contributed by atoms with Crippen LogP contribution < -0.4 is 16.8 Å². The highest BCUT2D eigenvalue weighted by Gasteiger charge is 2.36. The molecule has 2 unspecified atom stereocenters. The summed E-state index contributed by atoms with van der Waals surface area (Å²) in [5.41, 5.74) is 11.3. The van der Waals surface area contributed by atoms with Crippen LogP contribution in [0.15, 0.2) is 16.6 Å². The summed E-state index contributed by atoms with van der Waals surface area (Å²) < 4.78 is 0.920. The second kappa shape index (κ2) is 35.5. The third-order valence-corrected chi connectivity index (χ3v) is 13.8. The Morgan fingerprint density at radius 1 is 0.683 bits per heavy atom. The van der Waals surface area contributed by atoms with Gasteiger partial charge in [0.05, 0.1) is 38.3 Å². The molecule has 1 aliphatic carbocycles. The van der Waals surface area contributed by atoms with E-state index in [1.165, 1.54) is 173 Å². The Balaban J connectivity index is 2.82. The van der Waals surface area contributed by atoms with Crippen LogP contribution >= 0.6 is 0 Å². The lowest BCUT2D eigenvalue weighted by Crippen LogP contribution is -2.59. The van der Waals surface area contributed by atoms with Gasteiger partial charge in [-0.25, -0.2) is 0 Å². The number of carbonyl (C=O) groups is 2. The Morgan fingerprint density at radius 2 is 1.10 bits per heavy atom. The minimum atomic E-state index is -1.33. The molecular weight excluding hydrogens is 751 g/mol. The van der Waals surface area contributed by atoms with Crippen molar-refractivity contribution in [2.45, 2.75) is 257 Å². The van der Waals surface area contributed by atoms with Crippen LogP contribution in [0.4, 0.5) is 0 Å². The fourth-order valence-electron chi connectivity index (χ4n) is 9.14. The van der Waals surface area contributed by atoms with Crippen molar-refractivity contribution >= 4 is 17.6 Å². The monoisotopic (exact) mass is 849 g/mol. The highest BCUT2D eigenvalue weighted by molar-refractivity contribution is 5.98. The lowest BCUT2D eigenvalue weighted by molar-refractivity contribution is -0.952. The Hall–Kier alpha value is -2.01. The number of Topliss-reactive ketones (excluding diaryl/α,β-unsaturated/α-hetero) is 1. The summed E-state index contributed by atoms with van der Waals surface area (Å²) in [4.78, 5) is 31.3. The molecular formula is C50H98N5O5+. The van der Waals surface area contributed by atoms with E-state index >= 15 is 0 Å². The van der Waals surface area contributed by atoms with Crippen LogP contribution in [0.5, 0.6) is 0 Å². The minimum Gasteiger partial charge on any atom is -0.390 e. The van der Waals surface area contributed by atoms with Crippen LogP contribution in [0.3, 0.4) is 0 Å². The number of aliphatic hydroxyl groups is 3. The summed E-state index contributed by atoms with van der Waals surface area (Å²) in [6.07, 6.45) is 34.0. The van der Waals surface area contributed by atoms with E-state index in [0.29, 0.717) is 44.4 Å². The van der Waals surface area contributed by atoms with Crippen LogP contribution in [-0.2, 0) is 9.59 Å². The fraction of sp³-hybridized carbons (Fsp3) is 0.900. The van der Waals surface area contributed by atoms with E-state index in [1.807, 2.05) is 0 Å². The Kier molecular flexibility index (Phi) is 33.1. The number of hydrogen-bond donors (Lipinski definition) is 6. The molecule has 0 aromatic rings. The van der Waals surface area contributed by atoms with Gasteiger partial charge in [0.1, 0.15) is 12.2 Å². The third-order valence-electron chi connectivity index (χ3n) is 13.8. The zero-order valence-electron chi connectivity index (χ0n) is 39.8. The largest absolute Gasteiger partial charge is 0.390 e. The Labute approximate surface area is 369 Å². The highest BCUT2D eigenvalue weighted by Crippen LogP contribution is 2.27. The molecule has 0 saturated heterocycles. The van der Waals surface area contributed by atoms with Crippen molar-refractivity contribution in [3.05, 3.63) is 11.6 Å². The quantitative estimate of drug-likeness (QED) is 0.0154. The molecule has 0 fully saturated rings. The van der Waals surface area contributed by atoms with E-state index < -0.39 is 24.2 Å². The number of aliphatic imine (C=N–C) groups is 1. The van der Waals surface area contributed by atoms with Crippen molar-refractivity contribution in [2.75, 3.05) is 26.7 Å². The molecule has 1 aliphatic rings. The molecule has 0 aliphatic heterocycles. The van der Waals surface area contributed by atoms with E-state index in [4.69, 9.17) is 11.5 Å². The number of nitrogens with zero attached hydrogens (tertiary/aromatic N) is 2. The van der Waals surface area contributed by atoms with E-state index in [2.05, 4.69) is 45.1 Å². The summed E-state index contributed by atoms with van der Waals surface area (Å²) in [5.74, 6) is -0.951. The van der Waals surface area contributed by atoms with Crippen LogP contribution in [0, 0.1) is 5.92 Å². The third kappa shape index (κ3) is 25.8. The Bertz CT molecular complexity index is 1110. The first kappa shape index (κ1) is 56.0. The molecule has 10 heteroatoms. The predicted octanol–water partition coefficient (Wildman–Crippen LogP) is 9.94. The molecule has 1 amide bonds. The predicted molar refractivity (Wildman–Crippen MR) is 253 cm³/mol. The van der Waals surface area contributed by atoms with Crippen LogP contribution in [-0.4, -0.2) is 94.5 Å². The number of likely N-dealkylation sites (N-methyl/N-ethyl adjacent to an activating group) is 1. The number of amides is 1. The molecule has 0 bridgehead atoms. The molecule has 0 aromatic heterocycles. The van der Waals surface area contributed by atoms with Crippen molar-refractivity contribution < 1.29 is 29.4 Å². The van der Waals surface area contributed by atoms with Crippen molar-refractivity contribution in [3.8, 4) is 0 Å². The van der Waals surface area contributed by atoms with Crippen molar-refractivity contribution in [1.82, 2.24) is 5.32 Å². The van der Waals surface area contributed by atoms with Gasteiger partial charge in [-0.3, -0.25) is 14.6 Å². The first-order valence-corrected chi connectivity index (χ1v) is 25.3. The van der Waals surface area contributed by atoms with Gasteiger partial charge in [-0.05, 0) is 64.0 Å². The van der Waals surface area contributed by atoms with Gasteiger partial charge >= 0.3 is 0 Å². The number of ketones is 1. The maximum atomic E-state index is 13.8. The molecule has 0 radical (unpaired) electrons. The zero-order chi connectivity index (χ0) is 44.4. The van der Waals surface area contributed by atoms with Gasteiger partial charge in [-0.1, -0.05) is 162 Å². The van der Waals surface area contributed by atoms with Crippen LogP contribution in [0.25, 0.3) is 0 Å². The molecule has 1 rings (SSSR count).